The maximum atomic E-state index is 11.5. The summed E-state index contributed by atoms with van der Waals surface area (Å²) in [4.78, 5) is 15.6. The molecule has 0 saturated heterocycles. The Morgan fingerprint density at radius 2 is 1.79 bits per heavy atom. The summed E-state index contributed by atoms with van der Waals surface area (Å²) < 4.78 is 0. The van der Waals surface area contributed by atoms with E-state index < -0.39 is 12.0 Å². The minimum Gasteiger partial charge on any atom is -0.507 e. The minimum absolute atomic E-state index is 0.151. The highest BCUT2D eigenvalue weighted by atomic mass is 16.4. The van der Waals surface area contributed by atoms with Crippen molar-refractivity contribution in [2.24, 2.45) is 4.99 Å². The molecule has 4 nitrogen and oxygen atoms in total. The van der Waals surface area contributed by atoms with Crippen LogP contribution in [0.25, 0.3) is 0 Å². The molecule has 0 unspecified atom stereocenters. The first-order chi connectivity index (χ1) is 11.3. The van der Waals surface area contributed by atoms with Crippen LogP contribution >= 0.6 is 0 Å². The van der Waals surface area contributed by atoms with Crippen molar-refractivity contribution in [3.05, 3.63) is 65.2 Å². The average Bonchev–Trinajstić information content (AvgIpc) is 2.52. The van der Waals surface area contributed by atoms with Crippen molar-refractivity contribution >= 4 is 12.2 Å². The Balaban J connectivity index is 2.26. The molecule has 2 aromatic carbocycles. The molecule has 0 aliphatic carbocycles. The number of benzene rings is 2. The maximum absolute atomic E-state index is 11.5. The molecule has 0 aromatic heterocycles. The van der Waals surface area contributed by atoms with Gasteiger partial charge in [-0.25, -0.2) is 4.79 Å². The third-order valence-electron chi connectivity index (χ3n) is 3.83. The zero-order valence-electron chi connectivity index (χ0n) is 14.2. The fourth-order valence-electron chi connectivity index (χ4n) is 2.48. The Labute approximate surface area is 142 Å². The number of aromatic hydroxyl groups is 1. The predicted octanol–water partition coefficient (Wildman–Crippen LogP) is 3.80. The molecule has 126 valence electrons. The summed E-state index contributed by atoms with van der Waals surface area (Å²) >= 11 is 0. The van der Waals surface area contributed by atoms with Crippen molar-refractivity contribution in [3.63, 3.8) is 0 Å². The van der Waals surface area contributed by atoms with E-state index in [1.807, 2.05) is 63.2 Å². The van der Waals surface area contributed by atoms with Crippen molar-refractivity contribution in [2.75, 3.05) is 0 Å². The van der Waals surface area contributed by atoms with Crippen molar-refractivity contribution in [3.8, 4) is 5.75 Å². The van der Waals surface area contributed by atoms with Gasteiger partial charge in [0.25, 0.3) is 0 Å². The van der Waals surface area contributed by atoms with E-state index in [4.69, 9.17) is 0 Å². The van der Waals surface area contributed by atoms with Gasteiger partial charge in [-0.1, -0.05) is 63.2 Å². The quantitative estimate of drug-likeness (QED) is 0.821. The highest BCUT2D eigenvalue weighted by Crippen LogP contribution is 2.32. The highest BCUT2D eigenvalue weighted by Gasteiger charge is 2.20. The predicted molar refractivity (Wildman–Crippen MR) is 96.0 cm³/mol. The number of rotatable bonds is 5. The molecule has 24 heavy (non-hydrogen) atoms. The van der Waals surface area contributed by atoms with Crippen LogP contribution in [-0.2, 0) is 16.6 Å². The second-order valence-electron chi connectivity index (χ2n) is 6.82. The zero-order valence-corrected chi connectivity index (χ0v) is 14.2. The first-order valence-corrected chi connectivity index (χ1v) is 7.91. The normalized spacial score (nSPS) is 13.1. The van der Waals surface area contributed by atoms with Crippen molar-refractivity contribution in [1.29, 1.82) is 0 Å². The van der Waals surface area contributed by atoms with Crippen molar-refractivity contribution in [1.82, 2.24) is 0 Å². The molecule has 0 fully saturated rings. The van der Waals surface area contributed by atoms with E-state index in [0.717, 1.165) is 11.1 Å². The molecule has 2 N–H and O–H groups in total. The van der Waals surface area contributed by atoms with E-state index in [1.165, 1.54) is 6.21 Å². The molecule has 0 bridgehead atoms. The number of nitrogens with zero attached hydrogens (tertiary/aromatic N) is 1. The van der Waals surface area contributed by atoms with Gasteiger partial charge in [-0.15, -0.1) is 0 Å². The van der Waals surface area contributed by atoms with Gasteiger partial charge >= 0.3 is 5.97 Å². The largest absolute Gasteiger partial charge is 0.507 e. The number of phenols is 1. The van der Waals surface area contributed by atoms with Gasteiger partial charge in [0.1, 0.15) is 5.75 Å². The molecule has 0 aliphatic heterocycles. The van der Waals surface area contributed by atoms with E-state index in [0.29, 0.717) is 12.0 Å². The molecule has 1 atom stereocenters. The van der Waals surface area contributed by atoms with Crippen LogP contribution in [0.5, 0.6) is 5.75 Å². The molecule has 2 rings (SSSR count). The first kappa shape index (κ1) is 17.7. The Kier molecular flexibility index (Phi) is 5.39. The summed E-state index contributed by atoms with van der Waals surface area (Å²) in [5.41, 5.74) is 2.04. The van der Waals surface area contributed by atoms with E-state index >= 15 is 0 Å². The van der Waals surface area contributed by atoms with Crippen LogP contribution in [0.2, 0.25) is 0 Å². The molecule has 0 saturated carbocycles. The van der Waals surface area contributed by atoms with Gasteiger partial charge in [-0.2, -0.15) is 0 Å². The van der Waals surface area contributed by atoms with Crippen LogP contribution in [-0.4, -0.2) is 28.4 Å². The molecular formula is C20H23NO3. The summed E-state index contributed by atoms with van der Waals surface area (Å²) in [7, 11) is 0. The number of hydrogen-bond acceptors (Lipinski definition) is 3. The number of aliphatic imine (C=N–C) groups is 1. The smallest absolute Gasteiger partial charge is 0.328 e. The van der Waals surface area contributed by atoms with Gasteiger partial charge in [-0.05, 0) is 22.6 Å². The molecular weight excluding hydrogens is 302 g/mol. The van der Waals surface area contributed by atoms with E-state index in [-0.39, 0.29) is 11.2 Å². The molecule has 0 radical (unpaired) electrons. The molecule has 4 heteroatoms. The molecule has 0 amide bonds. The van der Waals surface area contributed by atoms with Gasteiger partial charge in [-0.3, -0.25) is 4.99 Å². The Morgan fingerprint density at radius 3 is 2.38 bits per heavy atom. The molecule has 0 heterocycles. The van der Waals surface area contributed by atoms with Crippen molar-refractivity contribution < 1.29 is 15.0 Å². The summed E-state index contributed by atoms with van der Waals surface area (Å²) in [5, 5.41) is 19.8. The number of hydrogen-bond donors (Lipinski definition) is 2. The summed E-state index contributed by atoms with van der Waals surface area (Å²) in [6, 6.07) is 13.9. The van der Waals surface area contributed by atoms with Crippen molar-refractivity contribution in [2.45, 2.75) is 38.6 Å². The average molecular weight is 325 g/mol. The highest BCUT2D eigenvalue weighted by molar-refractivity contribution is 5.86. The molecule has 0 aliphatic rings. The summed E-state index contributed by atoms with van der Waals surface area (Å²) in [6.07, 6.45) is 1.76. The van der Waals surface area contributed by atoms with Gasteiger partial charge in [0.15, 0.2) is 6.04 Å². The second-order valence-corrected chi connectivity index (χ2v) is 6.82. The summed E-state index contributed by atoms with van der Waals surface area (Å²) in [5.74, 6) is -0.834. The third kappa shape index (κ3) is 4.44. The van der Waals surface area contributed by atoms with Gasteiger partial charge in [0.2, 0.25) is 0 Å². The maximum Gasteiger partial charge on any atom is 0.328 e. The van der Waals surface area contributed by atoms with Crippen LogP contribution < -0.4 is 0 Å². The lowest BCUT2D eigenvalue weighted by atomic mass is 9.85. The lowest BCUT2D eigenvalue weighted by Gasteiger charge is -2.21. The van der Waals surface area contributed by atoms with Crippen LogP contribution in [0.3, 0.4) is 0 Å². The van der Waals surface area contributed by atoms with E-state index in [9.17, 15) is 15.0 Å². The van der Waals surface area contributed by atoms with Crippen LogP contribution in [0.15, 0.2) is 53.5 Å². The Bertz CT molecular complexity index is 730. The lowest BCUT2D eigenvalue weighted by molar-refractivity contribution is -0.138. The first-order valence-electron chi connectivity index (χ1n) is 7.91. The van der Waals surface area contributed by atoms with Gasteiger partial charge in [0.05, 0.1) is 0 Å². The zero-order chi connectivity index (χ0) is 17.7. The number of aliphatic carboxylic acids is 1. The Hall–Kier alpha value is -2.62. The number of para-hydroxylation sites is 1. The van der Waals surface area contributed by atoms with Crippen LogP contribution in [0.1, 0.15) is 37.5 Å². The van der Waals surface area contributed by atoms with Gasteiger partial charge < -0.3 is 10.2 Å². The van der Waals surface area contributed by atoms with Gasteiger partial charge in [0, 0.05) is 18.2 Å². The van der Waals surface area contributed by atoms with E-state index in [2.05, 4.69) is 4.99 Å². The monoisotopic (exact) mass is 325 g/mol. The topological polar surface area (TPSA) is 69.9 Å². The second kappa shape index (κ2) is 7.30. The fourth-order valence-corrected chi connectivity index (χ4v) is 2.48. The summed E-state index contributed by atoms with van der Waals surface area (Å²) in [6.45, 7) is 6.04. The standard InChI is InChI=1S/C20H23NO3/c1-20(2,3)16-11-7-10-15(18(16)22)13-21-17(19(23)24)12-14-8-5-4-6-9-14/h4-11,13,17,22H,12H2,1-3H3,(H,23,24)/t17-/m0/s1. The van der Waals surface area contributed by atoms with Crippen LogP contribution in [0, 0.1) is 0 Å². The third-order valence-corrected chi connectivity index (χ3v) is 3.83. The van der Waals surface area contributed by atoms with Crippen LogP contribution in [0.4, 0.5) is 0 Å². The number of phenolic OH excluding ortho intramolecular Hbond substituents is 1. The van der Waals surface area contributed by atoms with E-state index in [1.54, 1.807) is 6.07 Å². The SMILES string of the molecule is CC(C)(C)c1cccc(C=N[C@@H](Cc2ccccc2)C(=O)O)c1O. The molecule has 0 spiro atoms. The Morgan fingerprint density at radius 1 is 1.12 bits per heavy atom. The fraction of sp³-hybridized carbons (Fsp3) is 0.300. The lowest BCUT2D eigenvalue weighted by Crippen LogP contribution is -2.21. The number of carbonyl (C=O) groups is 1. The number of carboxylic acids is 1. The molecule has 2 aromatic rings. The number of carboxylic acid groups (broad SMARTS) is 1. The minimum atomic E-state index is -0.985.